The van der Waals surface area contributed by atoms with E-state index in [4.69, 9.17) is 0 Å². The molecule has 1 N–H and O–H groups in total. The lowest BCUT2D eigenvalue weighted by molar-refractivity contribution is -0.129. The van der Waals surface area contributed by atoms with Gasteiger partial charge in [-0.3, -0.25) is 4.79 Å². The van der Waals surface area contributed by atoms with Gasteiger partial charge in [-0.25, -0.2) is 0 Å². The van der Waals surface area contributed by atoms with E-state index in [2.05, 4.69) is 12.2 Å². The van der Waals surface area contributed by atoms with E-state index >= 15 is 0 Å². The maximum absolute atomic E-state index is 11.4. The molecule has 0 radical (unpaired) electrons. The molecule has 0 spiro atoms. The smallest absolute Gasteiger partial charge is 0.223 e. The largest absolute Gasteiger partial charge is 0.346 e. The van der Waals surface area contributed by atoms with Gasteiger partial charge >= 0.3 is 0 Å². The normalized spacial score (nSPS) is 10.1. The number of amides is 1. The molecule has 0 heterocycles. The Balaban J connectivity index is 3.45. The molecule has 3 nitrogen and oxygen atoms in total. The summed E-state index contributed by atoms with van der Waals surface area (Å²) in [7, 11) is 3.75. The third-order valence-electron chi connectivity index (χ3n) is 2.11. The molecule has 3 heteroatoms. The highest BCUT2D eigenvalue weighted by Crippen LogP contribution is 1.97. The van der Waals surface area contributed by atoms with E-state index in [1.165, 1.54) is 12.8 Å². The molecule has 0 aliphatic carbocycles. The number of carbonyl (C=O) groups is 1. The fourth-order valence-electron chi connectivity index (χ4n) is 1.15. The molecule has 0 aromatic heterocycles. The number of nitrogens with zero attached hydrogens (tertiary/aromatic N) is 1. The Morgan fingerprint density at radius 2 is 2.08 bits per heavy atom. The highest BCUT2D eigenvalue weighted by Gasteiger charge is 2.06. The van der Waals surface area contributed by atoms with Crippen LogP contribution in [0.25, 0.3) is 0 Å². The second kappa shape index (κ2) is 8.05. The van der Waals surface area contributed by atoms with E-state index in [0.717, 1.165) is 19.5 Å². The summed E-state index contributed by atoms with van der Waals surface area (Å²) in [5, 5.41) is 2.97. The van der Waals surface area contributed by atoms with Gasteiger partial charge in [0.05, 0.1) is 0 Å². The summed E-state index contributed by atoms with van der Waals surface area (Å²) in [5.74, 6) is 0.241. The molecule has 0 unspecified atom stereocenters. The zero-order valence-corrected chi connectivity index (χ0v) is 9.10. The van der Waals surface area contributed by atoms with Gasteiger partial charge in [-0.2, -0.15) is 0 Å². The molecule has 13 heavy (non-hydrogen) atoms. The van der Waals surface area contributed by atoms with Gasteiger partial charge in [-0.1, -0.05) is 19.8 Å². The van der Waals surface area contributed by atoms with Crippen LogP contribution in [0.15, 0.2) is 0 Å². The lowest BCUT2D eigenvalue weighted by Gasteiger charge is -2.16. The average molecular weight is 186 g/mol. The average Bonchev–Trinajstić information content (AvgIpc) is 2.14. The number of rotatable bonds is 7. The molecule has 0 aromatic rings. The van der Waals surface area contributed by atoms with Crippen LogP contribution in [0.4, 0.5) is 0 Å². The van der Waals surface area contributed by atoms with Crippen LogP contribution in [0.2, 0.25) is 0 Å². The van der Waals surface area contributed by atoms with Gasteiger partial charge in [0.1, 0.15) is 0 Å². The van der Waals surface area contributed by atoms with Crippen LogP contribution in [0.1, 0.15) is 32.6 Å². The van der Waals surface area contributed by atoms with Gasteiger partial charge in [-0.15, -0.1) is 0 Å². The van der Waals surface area contributed by atoms with E-state index in [1.807, 2.05) is 19.0 Å². The monoisotopic (exact) mass is 186 g/mol. The Kier molecular flexibility index (Phi) is 7.69. The van der Waals surface area contributed by atoms with Gasteiger partial charge in [0.2, 0.25) is 5.91 Å². The van der Waals surface area contributed by atoms with Crippen LogP contribution in [0.5, 0.6) is 0 Å². The first kappa shape index (κ1) is 12.4. The van der Waals surface area contributed by atoms with Crippen molar-refractivity contribution in [3.63, 3.8) is 0 Å². The highest BCUT2D eigenvalue weighted by atomic mass is 16.2. The summed E-state index contributed by atoms with van der Waals surface area (Å²) in [6, 6.07) is 0. The van der Waals surface area contributed by atoms with Gasteiger partial charge in [-0.05, 0) is 13.5 Å². The predicted molar refractivity (Wildman–Crippen MR) is 55.7 cm³/mol. The summed E-state index contributed by atoms with van der Waals surface area (Å²) >= 11 is 0. The molecule has 1 amide bonds. The second-order valence-corrected chi connectivity index (χ2v) is 3.38. The topological polar surface area (TPSA) is 32.3 Å². The van der Waals surface area contributed by atoms with E-state index in [0.29, 0.717) is 6.42 Å². The van der Waals surface area contributed by atoms with Crippen LogP contribution >= 0.6 is 0 Å². The molecule has 0 saturated heterocycles. The van der Waals surface area contributed by atoms with Crippen LogP contribution in [0.3, 0.4) is 0 Å². The van der Waals surface area contributed by atoms with Crippen LogP contribution in [0, 0.1) is 0 Å². The summed E-state index contributed by atoms with van der Waals surface area (Å²) in [4.78, 5) is 13.2. The minimum Gasteiger partial charge on any atom is -0.346 e. The summed E-state index contributed by atoms with van der Waals surface area (Å²) in [6.07, 6.45) is 4.15. The number of nitrogens with one attached hydrogen (secondary N) is 1. The quantitative estimate of drug-likeness (QED) is 0.607. The van der Waals surface area contributed by atoms with Crippen LogP contribution in [-0.4, -0.2) is 38.0 Å². The second-order valence-electron chi connectivity index (χ2n) is 3.38. The fraction of sp³-hybridized carbons (Fsp3) is 0.900. The molecule has 0 aliphatic heterocycles. The van der Waals surface area contributed by atoms with Gasteiger partial charge in [0.15, 0.2) is 0 Å². The van der Waals surface area contributed by atoms with Crippen molar-refractivity contribution in [2.75, 3.05) is 27.2 Å². The molecule has 0 rings (SSSR count). The molecule has 0 aliphatic rings. The Morgan fingerprint density at radius 1 is 1.38 bits per heavy atom. The molecule has 0 atom stereocenters. The number of carbonyl (C=O) groups excluding carboxylic acids is 1. The molecule has 0 bridgehead atoms. The predicted octanol–water partition coefficient (Wildman–Crippen LogP) is 1.24. The minimum absolute atomic E-state index is 0.241. The van der Waals surface area contributed by atoms with Crippen molar-refractivity contribution in [2.24, 2.45) is 0 Å². The third-order valence-corrected chi connectivity index (χ3v) is 2.11. The van der Waals surface area contributed by atoms with E-state index in [1.54, 1.807) is 0 Å². The van der Waals surface area contributed by atoms with E-state index in [-0.39, 0.29) is 5.91 Å². The fourth-order valence-corrected chi connectivity index (χ4v) is 1.15. The van der Waals surface area contributed by atoms with Gasteiger partial charge < -0.3 is 10.2 Å². The summed E-state index contributed by atoms with van der Waals surface area (Å²) in [6.45, 7) is 3.84. The standard InChI is InChI=1S/C10H22N2O/c1-4-5-6-9-12(3)10(13)7-8-11-2/h11H,4-9H2,1-3H3. The van der Waals surface area contributed by atoms with E-state index < -0.39 is 0 Å². The number of hydrogen-bond acceptors (Lipinski definition) is 2. The van der Waals surface area contributed by atoms with Crippen molar-refractivity contribution in [3.8, 4) is 0 Å². The number of unbranched alkanes of at least 4 members (excludes halogenated alkanes) is 2. The Hall–Kier alpha value is -0.570. The SMILES string of the molecule is CCCCCN(C)C(=O)CCNC. The third kappa shape index (κ3) is 6.58. The maximum Gasteiger partial charge on any atom is 0.223 e. The molecular weight excluding hydrogens is 164 g/mol. The lowest BCUT2D eigenvalue weighted by atomic mass is 10.2. The highest BCUT2D eigenvalue weighted by molar-refractivity contribution is 5.75. The maximum atomic E-state index is 11.4. The van der Waals surface area contributed by atoms with Crippen molar-refractivity contribution in [1.82, 2.24) is 10.2 Å². The molecular formula is C10H22N2O. The van der Waals surface area contributed by atoms with Crippen molar-refractivity contribution in [1.29, 1.82) is 0 Å². The minimum atomic E-state index is 0.241. The summed E-state index contributed by atoms with van der Waals surface area (Å²) in [5.41, 5.74) is 0. The first-order valence-electron chi connectivity index (χ1n) is 5.11. The van der Waals surface area contributed by atoms with Gasteiger partial charge in [0.25, 0.3) is 0 Å². The Bertz CT molecular complexity index is 137. The van der Waals surface area contributed by atoms with Crippen molar-refractivity contribution in [2.45, 2.75) is 32.6 Å². The van der Waals surface area contributed by atoms with Crippen molar-refractivity contribution >= 4 is 5.91 Å². The molecule has 0 saturated carbocycles. The van der Waals surface area contributed by atoms with Crippen LogP contribution < -0.4 is 5.32 Å². The molecule has 78 valence electrons. The zero-order valence-electron chi connectivity index (χ0n) is 9.10. The zero-order chi connectivity index (χ0) is 10.1. The van der Waals surface area contributed by atoms with E-state index in [9.17, 15) is 4.79 Å². The van der Waals surface area contributed by atoms with Gasteiger partial charge in [0, 0.05) is 26.6 Å². The molecule has 0 fully saturated rings. The van der Waals surface area contributed by atoms with Crippen molar-refractivity contribution < 1.29 is 4.79 Å². The summed E-state index contributed by atoms with van der Waals surface area (Å²) < 4.78 is 0. The first-order chi connectivity index (χ1) is 6.22. The van der Waals surface area contributed by atoms with Crippen LogP contribution in [-0.2, 0) is 4.79 Å². The molecule has 0 aromatic carbocycles. The number of hydrogen-bond donors (Lipinski definition) is 1. The van der Waals surface area contributed by atoms with Crippen molar-refractivity contribution in [3.05, 3.63) is 0 Å². The first-order valence-corrected chi connectivity index (χ1v) is 5.11. The Labute approximate surface area is 81.5 Å². The lowest BCUT2D eigenvalue weighted by Crippen LogP contribution is -2.29. The Morgan fingerprint density at radius 3 is 2.62 bits per heavy atom.